The fraction of sp³-hybridized carbons (Fsp3) is 0.833. The Balaban J connectivity index is 1.84. The van der Waals surface area contributed by atoms with Gasteiger partial charge in [0.25, 0.3) is 0 Å². The van der Waals surface area contributed by atoms with Crippen LogP contribution in [-0.2, 0) is 24.3 Å². The number of carboxylic acids is 1. The van der Waals surface area contributed by atoms with Crippen molar-refractivity contribution < 1.29 is 27.9 Å². The van der Waals surface area contributed by atoms with Crippen molar-refractivity contribution in [2.24, 2.45) is 0 Å². The van der Waals surface area contributed by atoms with E-state index in [0.717, 1.165) is 6.26 Å². The Hall–Kier alpha value is -1.19. The maximum Gasteiger partial charge on any atom is 0.332 e. The van der Waals surface area contributed by atoms with E-state index >= 15 is 0 Å². The first kappa shape index (κ1) is 16.2. The van der Waals surface area contributed by atoms with Crippen LogP contribution >= 0.6 is 0 Å². The number of sulfonamides is 1. The highest BCUT2D eigenvalue weighted by Crippen LogP contribution is 2.22. The Morgan fingerprint density at radius 3 is 2.62 bits per heavy atom. The summed E-state index contributed by atoms with van der Waals surface area (Å²) in [7, 11) is -3.39. The van der Waals surface area contributed by atoms with Gasteiger partial charge < -0.3 is 15.2 Å². The van der Waals surface area contributed by atoms with Crippen molar-refractivity contribution in [2.45, 2.75) is 43.9 Å². The largest absolute Gasteiger partial charge is 0.479 e. The summed E-state index contributed by atoms with van der Waals surface area (Å²) in [5.74, 6) is -1.34. The molecule has 0 radical (unpaired) electrons. The molecule has 3 unspecified atom stereocenters. The summed E-state index contributed by atoms with van der Waals surface area (Å²) in [5.41, 5.74) is 0. The molecule has 8 nitrogen and oxygen atoms in total. The maximum absolute atomic E-state index is 12.1. The Bertz CT molecular complexity index is 520. The molecule has 0 spiro atoms. The number of nitrogens with zero attached hydrogens (tertiary/aromatic N) is 1. The Kier molecular flexibility index (Phi) is 4.84. The van der Waals surface area contributed by atoms with Crippen LogP contribution in [0, 0.1) is 0 Å². The molecule has 0 aromatic carbocycles. The maximum atomic E-state index is 12.1. The van der Waals surface area contributed by atoms with Gasteiger partial charge in [0.2, 0.25) is 15.9 Å². The van der Waals surface area contributed by atoms with E-state index in [4.69, 9.17) is 9.84 Å². The fourth-order valence-electron chi connectivity index (χ4n) is 2.77. The number of carbonyl (C=O) groups excluding carboxylic acids is 1. The summed E-state index contributed by atoms with van der Waals surface area (Å²) in [6.07, 6.45) is 2.10. The van der Waals surface area contributed by atoms with Gasteiger partial charge in [-0.15, -0.1) is 0 Å². The molecule has 2 N–H and O–H groups in total. The third-order valence-corrected chi connectivity index (χ3v) is 5.11. The molecule has 2 aliphatic rings. The minimum absolute atomic E-state index is 0.205. The zero-order valence-electron chi connectivity index (χ0n) is 11.8. The van der Waals surface area contributed by atoms with Crippen molar-refractivity contribution in [1.82, 2.24) is 9.62 Å². The lowest BCUT2D eigenvalue weighted by Crippen LogP contribution is -2.47. The quantitative estimate of drug-likeness (QED) is 0.683. The summed E-state index contributed by atoms with van der Waals surface area (Å²) in [5, 5.41) is 11.5. The van der Waals surface area contributed by atoms with Crippen LogP contribution in [-0.4, -0.2) is 67.3 Å². The number of hydrogen-bond acceptors (Lipinski definition) is 5. The molecule has 0 aromatic rings. The SMILES string of the molecule is CS(=O)(=O)N1CCCC1C(=O)NCC1CCC(C(=O)O)O1. The number of aliphatic carboxylic acids is 1. The van der Waals surface area contributed by atoms with E-state index in [0.29, 0.717) is 32.2 Å². The number of hydrogen-bond donors (Lipinski definition) is 2. The number of carboxylic acid groups (broad SMARTS) is 1. The van der Waals surface area contributed by atoms with Gasteiger partial charge in [-0.2, -0.15) is 4.31 Å². The van der Waals surface area contributed by atoms with E-state index in [1.54, 1.807) is 0 Å². The normalized spacial score (nSPS) is 30.4. The van der Waals surface area contributed by atoms with Crippen LogP contribution in [0.3, 0.4) is 0 Å². The monoisotopic (exact) mass is 320 g/mol. The minimum Gasteiger partial charge on any atom is -0.479 e. The van der Waals surface area contributed by atoms with E-state index in [1.165, 1.54) is 4.31 Å². The number of rotatable bonds is 5. The molecular weight excluding hydrogens is 300 g/mol. The molecule has 120 valence electrons. The molecule has 0 aliphatic carbocycles. The number of ether oxygens (including phenoxy) is 1. The van der Waals surface area contributed by atoms with Crippen LogP contribution in [0.1, 0.15) is 25.7 Å². The van der Waals surface area contributed by atoms with E-state index in [-0.39, 0.29) is 18.6 Å². The lowest BCUT2D eigenvalue weighted by Gasteiger charge is -2.22. The highest BCUT2D eigenvalue weighted by molar-refractivity contribution is 7.88. The van der Waals surface area contributed by atoms with Gasteiger partial charge in [0.15, 0.2) is 6.10 Å². The Morgan fingerprint density at radius 2 is 2.05 bits per heavy atom. The van der Waals surface area contributed by atoms with Gasteiger partial charge in [-0.3, -0.25) is 4.79 Å². The highest BCUT2D eigenvalue weighted by Gasteiger charge is 2.37. The summed E-state index contributed by atoms with van der Waals surface area (Å²) in [6, 6.07) is -0.670. The fourth-order valence-corrected chi connectivity index (χ4v) is 3.89. The molecule has 1 amide bonds. The number of nitrogens with one attached hydrogen (secondary N) is 1. The summed E-state index contributed by atoms with van der Waals surface area (Å²) < 4.78 is 29.7. The molecule has 2 fully saturated rings. The van der Waals surface area contributed by atoms with Gasteiger partial charge in [0.05, 0.1) is 12.4 Å². The van der Waals surface area contributed by atoms with Crippen LogP contribution in [0.15, 0.2) is 0 Å². The second kappa shape index (κ2) is 6.29. The first-order chi connectivity index (χ1) is 9.79. The van der Waals surface area contributed by atoms with Crippen molar-refractivity contribution in [3.63, 3.8) is 0 Å². The van der Waals surface area contributed by atoms with Crippen LogP contribution in [0.25, 0.3) is 0 Å². The molecule has 2 heterocycles. The van der Waals surface area contributed by atoms with E-state index in [2.05, 4.69) is 5.32 Å². The molecular formula is C12H20N2O6S. The van der Waals surface area contributed by atoms with Gasteiger partial charge >= 0.3 is 5.97 Å². The molecule has 21 heavy (non-hydrogen) atoms. The Morgan fingerprint density at radius 1 is 1.33 bits per heavy atom. The van der Waals surface area contributed by atoms with Crippen molar-refractivity contribution >= 4 is 21.9 Å². The van der Waals surface area contributed by atoms with Crippen LogP contribution in [0.2, 0.25) is 0 Å². The zero-order valence-corrected chi connectivity index (χ0v) is 12.6. The standard InChI is InChI=1S/C12H20N2O6S/c1-21(18,19)14-6-2-3-9(14)11(15)13-7-8-4-5-10(20-8)12(16)17/h8-10H,2-7H2,1H3,(H,13,15)(H,16,17). The lowest BCUT2D eigenvalue weighted by molar-refractivity contribution is -0.149. The minimum atomic E-state index is -3.39. The predicted molar refractivity (Wildman–Crippen MR) is 73.1 cm³/mol. The van der Waals surface area contributed by atoms with Crippen LogP contribution in [0.4, 0.5) is 0 Å². The van der Waals surface area contributed by atoms with Gasteiger partial charge in [-0.1, -0.05) is 0 Å². The van der Waals surface area contributed by atoms with E-state index in [9.17, 15) is 18.0 Å². The average molecular weight is 320 g/mol. The van der Waals surface area contributed by atoms with Crippen molar-refractivity contribution in [3.05, 3.63) is 0 Å². The summed E-state index contributed by atoms with van der Waals surface area (Å²) in [6.45, 7) is 0.564. The summed E-state index contributed by atoms with van der Waals surface area (Å²) >= 11 is 0. The average Bonchev–Trinajstić information content (AvgIpc) is 3.04. The molecule has 9 heteroatoms. The molecule has 0 saturated carbocycles. The summed E-state index contributed by atoms with van der Waals surface area (Å²) in [4.78, 5) is 22.8. The topological polar surface area (TPSA) is 113 Å². The van der Waals surface area contributed by atoms with Crippen LogP contribution < -0.4 is 5.32 Å². The van der Waals surface area contributed by atoms with Gasteiger partial charge in [-0.05, 0) is 25.7 Å². The Labute approximate surface area is 123 Å². The van der Waals surface area contributed by atoms with Gasteiger partial charge in [0.1, 0.15) is 6.04 Å². The van der Waals surface area contributed by atoms with Crippen molar-refractivity contribution in [3.8, 4) is 0 Å². The highest BCUT2D eigenvalue weighted by atomic mass is 32.2. The third-order valence-electron chi connectivity index (χ3n) is 3.82. The van der Waals surface area contributed by atoms with Crippen molar-refractivity contribution in [1.29, 1.82) is 0 Å². The third kappa shape index (κ3) is 3.92. The number of carbonyl (C=O) groups is 2. The zero-order chi connectivity index (χ0) is 15.6. The van der Waals surface area contributed by atoms with Crippen molar-refractivity contribution in [2.75, 3.05) is 19.3 Å². The number of amides is 1. The van der Waals surface area contributed by atoms with E-state index in [1.807, 2.05) is 0 Å². The molecule has 2 rings (SSSR count). The predicted octanol–water partition coefficient (Wildman–Crippen LogP) is -0.841. The molecule has 2 aliphatic heterocycles. The molecule has 0 bridgehead atoms. The molecule has 2 saturated heterocycles. The second-order valence-electron chi connectivity index (χ2n) is 5.44. The van der Waals surface area contributed by atoms with E-state index < -0.39 is 28.1 Å². The second-order valence-corrected chi connectivity index (χ2v) is 7.37. The smallest absolute Gasteiger partial charge is 0.332 e. The first-order valence-corrected chi connectivity index (χ1v) is 8.76. The van der Waals surface area contributed by atoms with Gasteiger partial charge in [-0.25, -0.2) is 13.2 Å². The lowest BCUT2D eigenvalue weighted by atomic mass is 10.2. The first-order valence-electron chi connectivity index (χ1n) is 6.92. The molecule has 3 atom stereocenters. The van der Waals surface area contributed by atoms with Crippen LogP contribution in [0.5, 0.6) is 0 Å². The molecule has 0 aromatic heterocycles. The van der Waals surface area contributed by atoms with Gasteiger partial charge in [0, 0.05) is 13.1 Å².